The zero-order chi connectivity index (χ0) is 26.8. The summed E-state index contributed by atoms with van der Waals surface area (Å²) < 4.78 is 14.7. The largest absolute Gasteiger partial charge is 0.444 e. The highest BCUT2D eigenvalue weighted by Crippen LogP contribution is 2.43. The number of aromatic nitrogens is 2. The fraction of sp³-hybridized carbons (Fsp3) is 0.714. The van der Waals surface area contributed by atoms with Crippen LogP contribution < -0.4 is 5.73 Å². The zero-order valence-electron chi connectivity index (χ0n) is 23.9. The SMILES string of the molecule is CC(C)[Si](OCc1ccc2nc(N)n([C@@H]3CCCCN(C(=O)OC(C)(C)C)C3)c2c1)(C(C)C)C(C)C. The molecule has 0 saturated carbocycles. The molecule has 0 aliphatic carbocycles. The van der Waals surface area contributed by atoms with Gasteiger partial charge in [-0.25, -0.2) is 9.78 Å². The average Bonchev–Trinajstić information content (AvgIpc) is 2.91. The predicted molar refractivity (Wildman–Crippen MR) is 151 cm³/mol. The van der Waals surface area contributed by atoms with Crippen molar-refractivity contribution in [2.24, 2.45) is 0 Å². The maximum absolute atomic E-state index is 12.9. The fourth-order valence-electron chi connectivity index (χ4n) is 6.16. The molecular formula is C28H48N4O3Si. The number of anilines is 1. The quantitative estimate of drug-likeness (QED) is 0.391. The van der Waals surface area contributed by atoms with Crippen LogP contribution in [0.25, 0.3) is 11.0 Å². The standard InChI is InChI=1S/C28H48N4O3Si/c1-19(2)36(20(3)4,21(5)6)34-18-22-13-14-24-25(16-22)32(26(29)30-24)23-12-10-11-15-31(17-23)27(33)35-28(7,8)9/h13-14,16,19-21,23H,10-12,15,17-18H2,1-9H3,(H2,29,30)/t23-/m1/s1. The molecule has 7 nitrogen and oxygen atoms in total. The van der Waals surface area contributed by atoms with Gasteiger partial charge in [-0.3, -0.25) is 0 Å². The van der Waals surface area contributed by atoms with E-state index < -0.39 is 13.9 Å². The summed E-state index contributed by atoms with van der Waals surface area (Å²) in [5, 5.41) is 0. The molecule has 2 heterocycles. The second-order valence-corrected chi connectivity index (χ2v) is 17.8. The van der Waals surface area contributed by atoms with Gasteiger partial charge in [0.05, 0.1) is 23.7 Å². The minimum Gasteiger partial charge on any atom is -0.444 e. The Bertz CT molecular complexity index is 1020. The first-order valence-electron chi connectivity index (χ1n) is 13.6. The Balaban J connectivity index is 1.90. The highest BCUT2D eigenvalue weighted by atomic mass is 28.4. The van der Waals surface area contributed by atoms with Gasteiger partial charge < -0.3 is 24.4 Å². The number of rotatable bonds is 7. The molecule has 1 amide bonds. The summed E-state index contributed by atoms with van der Waals surface area (Å²) in [4.78, 5) is 19.3. The number of nitrogens with two attached hydrogens (primary N) is 1. The maximum Gasteiger partial charge on any atom is 0.410 e. The van der Waals surface area contributed by atoms with Crippen LogP contribution in [0, 0.1) is 0 Å². The smallest absolute Gasteiger partial charge is 0.410 e. The van der Waals surface area contributed by atoms with Gasteiger partial charge in [0.2, 0.25) is 14.3 Å². The normalized spacial score (nSPS) is 17.9. The van der Waals surface area contributed by atoms with Gasteiger partial charge in [-0.1, -0.05) is 47.6 Å². The van der Waals surface area contributed by atoms with Crippen molar-refractivity contribution in [1.29, 1.82) is 0 Å². The van der Waals surface area contributed by atoms with Crippen LogP contribution in [0.15, 0.2) is 18.2 Å². The highest BCUT2D eigenvalue weighted by Gasteiger charge is 2.45. The molecule has 0 unspecified atom stereocenters. The van der Waals surface area contributed by atoms with Crippen molar-refractivity contribution in [3.63, 3.8) is 0 Å². The Morgan fingerprint density at radius 2 is 1.75 bits per heavy atom. The van der Waals surface area contributed by atoms with Gasteiger partial charge in [-0.05, 0) is 74.4 Å². The van der Waals surface area contributed by atoms with E-state index in [4.69, 9.17) is 14.9 Å². The van der Waals surface area contributed by atoms with Crippen LogP contribution in [0.1, 0.15) is 93.2 Å². The lowest BCUT2D eigenvalue weighted by atomic mass is 10.1. The molecule has 2 aromatic rings. The van der Waals surface area contributed by atoms with Gasteiger partial charge in [0, 0.05) is 13.1 Å². The molecule has 0 radical (unpaired) electrons. The van der Waals surface area contributed by atoms with Crippen LogP contribution in [0.4, 0.5) is 10.7 Å². The molecule has 0 bridgehead atoms. The number of carbonyl (C=O) groups excluding carboxylic acids is 1. The first-order chi connectivity index (χ1) is 16.8. The van der Waals surface area contributed by atoms with Crippen LogP contribution in [0.3, 0.4) is 0 Å². The van der Waals surface area contributed by atoms with Crippen molar-refractivity contribution in [3.05, 3.63) is 23.8 Å². The van der Waals surface area contributed by atoms with E-state index >= 15 is 0 Å². The third-order valence-corrected chi connectivity index (χ3v) is 13.7. The molecule has 3 rings (SSSR count). The molecule has 8 heteroatoms. The van der Waals surface area contributed by atoms with Crippen LogP contribution in [0.5, 0.6) is 0 Å². The minimum absolute atomic E-state index is 0.0524. The van der Waals surface area contributed by atoms with Gasteiger partial charge in [0.15, 0.2) is 0 Å². The number of ether oxygens (including phenoxy) is 1. The van der Waals surface area contributed by atoms with Gasteiger partial charge >= 0.3 is 6.09 Å². The van der Waals surface area contributed by atoms with Crippen LogP contribution >= 0.6 is 0 Å². The predicted octanol–water partition coefficient (Wildman–Crippen LogP) is 7.27. The number of benzene rings is 1. The Morgan fingerprint density at radius 3 is 2.33 bits per heavy atom. The number of likely N-dealkylation sites (tertiary alicyclic amines) is 1. The Kier molecular flexibility index (Phi) is 8.81. The summed E-state index contributed by atoms with van der Waals surface area (Å²) in [6, 6.07) is 6.39. The highest BCUT2D eigenvalue weighted by molar-refractivity contribution is 6.77. The van der Waals surface area contributed by atoms with E-state index in [9.17, 15) is 4.79 Å². The first kappa shape index (κ1) is 28.5. The van der Waals surface area contributed by atoms with E-state index in [0.29, 0.717) is 42.3 Å². The van der Waals surface area contributed by atoms with E-state index in [1.54, 1.807) is 0 Å². The molecule has 1 fully saturated rings. The molecule has 1 atom stereocenters. The summed E-state index contributed by atoms with van der Waals surface area (Å²) in [6.45, 7) is 21.4. The van der Waals surface area contributed by atoms with E-state index in [2.05, 4.69) is 63.2 Å². The minimum atomic E-state index is -1.97. The Labute approximate surface area is 218 Å². The van der Waals surface area contributed by atoms with Gasteiger partial charge in [0.25, 0.3) is 0 Å². The molecule has 202 valence electrons. The summed E-state index contributed by atoms with van der Waals surface area (Å²) >= 11 is 0. The number of fused-ring (bicyclic) bond motifs is 1. The Hall–Kier alpha value is -2.06. The molecule has 2 N–H and O–H groups in total. The lowest BCUT2D eigenvalue weighted by Crippen LogP contribution is -2.47. The van der Waals surface area contributed by atoms with E-state index in [1.807, 2.05) is 31.7 Å². The first-order valence-corrected chi connectivity index (χ1v) is 15.8. The lowest BCUT2D eigenvalue weighted by Gasteiger charge is -2.42. The molecule has 1 aromatic carbocycles. The van der Waals surface area contributed by atoms with E-state index in [0.717, 1.165) is 35.9 Å². The van der Waals surface area contributed by atoms with Crippen LogP contribution in [-0.2, 0) is 15.8 Å². The zero-order valence-corrected chi connectivity index (χ0v) is 24.9. The van der Waals surface area contributed by atoms with Crippen LogP contribution in [-0.4, -0.2) is 47.6 Å². The van der Waals surface area contributed by atoms with Crippen molar-refractivity contribution in [2.45, 2.75) is 116 Å². The van der Waals surface area contributed by atoms with Crippen LogP contribution in [0.2, 0.25) is 16.6 Å². The third-order valence-electron chi connectivity index (χ3n) is 7.64. The lowest BCUT2D eigenvalue weighted by molar-refractivity contribution is 0.0238. The fourth-order valence-corrected chi connectivity index (χ4v) is 11.6. The molecule has 1 aromatic heterocycles. The summed E-state index contributed by atoms with van der Waals surface area (Å²) in [6.07, 6.45) is 2.66. The summed E-state index contributed by atoms with van der Waals surface area (Å²) in [5.41, 5.74) is 10.6. The van der Waals surface area contributed by atoms with Gasteiger partial charge in [0.1, 0.15) is 5.60 Å². The summed E-state index contributed by atoms with van der Waals surface area (Å²) in [5.74, 6) is 0.495. The topological polar surface area (TPSA) is 82.6 Å². The third kappa shape index (κ3) is 6.07. The molecular weight excluding hydrogens is 468 g/mol. The number of hydrogen-bond acceptors (Lipinski definition) is 5. The van der Waals surface area contributed by atoms with Crippen molar-refractivity contribution >= 4 is 31.4 Å². The molecule has 0 spiro atoms. The monoisotopic (exact) mass is 516 g/mol. The Morgan fingerprint density at radius 1 is 1.11 bits per heavy atom. The van der Waals surface area contributed by atoms with E-state index in [-0.39, 0.29) is 12.1 Å². The molecule has 1 aliphatic rings. The number of hydrogen-bond donors (Lipinski definition) is 1. The summed E-state index contributed by atoms with van der Waals surface area (Å²) in [7, 11) is -1.97. The second kappa shape index (κ2) is 11.1. The average molecular weight is 517 g/mol. The van der Waals surface area contributed by atoms with Crippen molar-refractivity contribution in [2.75, 3.05) is 18.8 Å². The number of imidazole rings is 1. The maximum atomic E-state index is 12.9. The van der Waals surface area contributed by atoms with Gasteiger partial charge in [-0.2, -0.15) is 0 Å². The second-order valence-electron chi connectivity index (χ2n) is 12.3. The number of amides is 1. The van der Waals surface area contributed by atoms with Crippen molar-refractivity contribution in [3.8, 4) is 0 Å². The van der Waals surface area contributed by atoms with Crippen molar-refractivity contribution in [1.82, 2.24) is 14.5 Å². The number of nitrogen functional groups attached to an aromatic ring is 1. The van der Waals surface area contributed by atoms with Gasteiger partial charge in [-0.15, -0.1) is 0 Å². The van der Waals surface area contributed by atoms with E-state index in [1.165, 1.54) is 0 Å². The molecule has 1 saturated heterocycles. The number of nitrogens with zero attached hydrogens (tertiary/aromatic N) is 3. The van der Waals surface area contributed by atoms with Crippen molar-refractivity contribution < 1.29 is 14.0 Å². The number of carbonyl (C=O) groups is 1. The molecule has 1 aliphatic heterocycles. The molecule has 36 heavy (non-hydrogen) atoms.